The van der Waals surface area contributed by atoms with Crippen LogP contribution in [0.1, 0.15) is 56.3 Å². The molecule has 7 heteroatoms. The first-order chi connectivity index (χ1) is 12.9. The van der Waals surface area contributed by atoms with Crippen molar-refractivity contribution in [2.75, 3.05) is 6.61 Å². The summed E-state index contributed by atoms with van der Waals surface area (Å²) >= 11 is 6.03. The minimum Gasteiger partial charge on any atom is -0.454 e. The van der Waals surface area contributed by atoms with E-state index in [9.17, 15) is 14.4 Å². The molecule has 0 spiro atoms. The average molecular weight is 395 g/mol. The van der Waals surface area contributed by atoms with E-state index in [1.807, 2.05) is 0 Å². The molecule has 1 aromatic rings. The number of ether oxygens (including phenoxy) is 1. The fourth-order valence-corrected chi connectivity index (χ4v) is 3.33. The van der Waals surface area contributed by atoms with E-state index in [-0.39, 0.29) is 30.0 Å². The Bertz CT molecular complexity index is 672. The molecule has 0 radical (unpaired) electrons. The van der Waals surface area contributed by atoms with Gasteiger partial charge in [0.1, 0.15) is 6.04 Å². The summed E-state index contributed by atoms with van der Waals surface area (Å²) in [5.41, 5.74) is 0.285. The van der Waals surface area contributed by atoms with Crippen LogP contribution in [0.2, 0.25) is 5.02 Å². The highest BCUT2D eigenvalue weighted by Crippen LogP contribution is 2.17. The van der Waals surface area contributed by atoms with E-state index in [2.05, 4.69) is 10.6 Å². The lowest BCUT2D eigenvalue weighted by atomic mass is 9.95. The Labute approximate surface area is 165 Å². The second kappa shape index (κ2) is 10.3. The van der Waals surface area contributed by atoms with Crippen LogP contribution in [0.3, 0.4) is 0 Å². The van der Waals surface area contributed by atoms with Gasteiger partial charge in [0.15, 0.2) is 6.61 Å². The van der Waals surface area contributed by atoms with E-state index < -0.39 is 17.9 Å². The quantitative estimate of drug-likeness (QED) is 0.696. The van der Waals surface area contributed by atoms with Crippen molar-refractivity contribution in [2.45, 2.75) is 58.0 Å². The highest BCUT2D eigenvalue weighted by atomic mass is 35.5. The normalized spacial score (nSPS) is 15.9. The number of halogens is 1. The monoisotopic (exact) mass is 394 g/mol. The lowest BCUT2D eigenvalue weighted by molar-refractivity contribution is -0.151. The maximum absolute atomic E-state index is 12.4. The highest BCUT2D eigenvalue weighted by Gasteiger charge is 2.27. The number of benzene rings is 1. The number of hydrogen-bond acceptors (Lipinski definition) is 4. The van der Waals surface area contributed by atoms with E-state index in [4.69, 9.17) is 16.3 Å². The van der Waals surface area contributed by atoms with Crippen LogP contribution in [0.4, 0.5) is 0 Å². The summed E-state index contributed by atoms with van der Waals surface area (Å²) in [6, 6.07) is 5.89. The van der Waals surface area contributed by atoms with Gasteiger partial charge in [-0.05, 0) is 30.9 Å². The summed E-state index contributed by atoms with van der Waals surface area (Å²) in [6.07, 6.45) is 5.33. The molecule has 0 saturated heterocycles. The third kappa shape index (κ3) is 6.54. The molecule has 1 aromatic carbocycles. The SMILES string of the molecule is CC(C)[C@H](NC(=O)c1ccccc1Cl)C(=O)OCC(=O)NC1CCCCC1. The highest BCUT2D eigenvalue weighted by molar-refractivity contribution is 6.33. The first kappa shape index (κ1) is 21.2. The zero-order valence-corrected chi connectivity index (χ0v) is 16.6. The number of nitrogens with one attached hydrogen (secondary N) is 2. The number of esters is 1. The molecule has 0 bridgehead atoms. The molecule has 1 atom stereocenters. The van der Waals surface area contributed by atoms with Gasteiger partial charge in [0, 0.05) is 6.04 Å². The third-order valence-electron chi connectivity index (χ3n) is 4.64. The Hall–Kier alpha value is -2.08. The van der Waals surface area contributed by atoms with E-state index in [1.54, 1.807) is 38.1 Å². The first-order valence-corrected chi connectivity index (χ1v) is 9.77. The van der Waals surface area contributed by atoms with Crippen LogP contribution in [-0.2, 0) is 14.3 Å². The Morgan fingerprint density at radius 3 is 2.44 bits per heavy atom. The van der Waals surface area contributed by atoms with Crippen molar-refractivity contribution in [3.05, 3.63) is 34.9 Å². The van der Waals surface area contributed by atoms with Crippen molar-refractivity contribution in [1.29, 1.82) is 0 Å². The van der Waals surface area contributed by atoms with E-state index in [1.165, 1.54) is 6.42 Å². The summed E-state index contributed by atoms with van der Waals surface area (Å²) in [4.78, 5) is 36.8. The number of hydrogen-bond donors (Lipinski definition) is 2. The predicted octanol–water partition coefficient (Wildman–Crippen LogP) is 3.09. The van der Waals surface area contributed by atoms with Crippen molar-refractivity contribution in [3.63, 3.8) is 0 Å². The van der Waals surface area contributed by atoms with E-state index in [0.717, 1.165) is 25.7 Å². The van der Waals surface area contributed by atoms with E-state index in [0.29, 0.717) is 5.02 Å². The average Bonchev–Trinajstić information content (AvgIpc) is 2.65. The zero-order valence-electron chi connectivity index (χ0n) is 15.8. The number of rotatable bonds is 7. The van der Waals surface area contributed by atoms with Crippen LogP contribution in [0.25, 0.3) is 0 Å². The lowest BCUT2D eigenvalue weighted by Crippen LogP contribution is -2.46. The first-order valence-electron chi connectivity index (χ1n) is 9.40. The molecule has 2 amide bonds. The molecule has 6 nitrogen and oxygen atoms in total. The molecule has 0 heterocycles. The van der Waals surface area contributed by atoms with E-state index >= 15 is 0 Å². The second-order valence-corrected chi connectivity index (χ2v) is 7.59. The van der Waals surface area contributed by atoms with Gasteiger partial charge >= 0.3 is 5.97 Å². The fraction of sp³-hybridized carbons (Fsp3) is 0.550. The molecular weight excluding hydrogens is 368 g/mol. The van der Waals surface area contributed by atoms with Crippen LogP contribution < -0.4 is 10.6 Å². The fourth-order valence-electron chi connectivity index (χ4n) is 3.10. The molecule has 1 aliphatic rings. The summed E-state index contributed by atoms with van der Waals surface area (Å²) in [5, 5.41) is 5.85. The van der Waals surface area contributed by atoms with Gasteiger partial charge < -0.3 is 15.4 Å². The number of amides is 2. The van der Waals surface area contributed by atoms with Gasteiger partial charge in [0.2, 0.25) is 0 Å². The molecule has 0 aromatic heterocycles. The molecule has 0 unspecified atom stereocenters. The standard InChI is InChI=1S/C20H27ClN2O4/c1-13(2)18(23-19(25)15-10-6-7-11-16(15)21)20(26)27-12-17(24)22-14-8-4-3-5-9-14/h6-7,10-11,13-14,18H,3-5,8-9,12H2,1-2H3,(H,22,24)(H,23,25)/t18-/m0/s1. The second-order valence-electron chi connectivity index (χ2n) is 7.19. The Kier molecular flexibility index (Phi) is 8.10. The van der Waals surface area contributed by atoms with Crippen molar-refractivity contribution in [2.24, 2.45) is 5.92 Å². The number of carbonyl (C=O) groups is 3. The van der Waals surface area contributed by atoms with Gasteiger partial charge in [-0.3, -0.25) is 9.59 Å². The molecule has 148 valence electrons. The van der Waals surface area contributed by atoms with Crippen LogP contribution in [0.15, 0.2) is 24.3 Å². The van der Waals surface area contributed by atoms with Crippen molar-refractivity contribution >= 4 is 29.4 Å². The van der Waals surface area contributed by atoms with Gasteiger partial charge in [-0.15, -0.1) is 0 Å². The molecule has 2 N–H and O–H groups in total. The Balaban J connectivity index is 1.87. The molecule has 27 heavy (non-hydrogen) atoms. The summed E-state index contributed by atoms with van der Waals surface area (Å²) in [6.45, 7) is 3.24. The minimum absolute atomic E-state index is 0.158. The Morgan fingerprint density at radius 1 is 1.15 bits per heavy atom. The number of carbonyl (C=O) groups excluding carboxylic acids is 3. The molecule has 1 aliphatic carbocycles. The molecule has 1 fully saturated rings. The summed E-state index contributed by atoms with van der Waals surface area (Å²) < 4.78 is 5.14. The smallest absolute Gasteiger partial charge is 0.329 e. The maximum atomic E-state index is 12.4. The Morgan fingerprint density at radius 2 is 1.81 bits per heavy atom. The van der Waals surface area contributed by atoms with Gasteiger partial charge in [0.05, 0.1) is 10.6 Å². The van der Waals surface area contributed by atoms with Gasteiger partial charge in [-0.1, -0.05) is 56.8 Å². The van der Waals surface area contributed by atoms with Crippen LogP contribution in [0, 0.1) is 5.92 Å². The van der Waals surface area contributed by atoms with Gasteiger partial charge in [-0.25, -0.2) is 4.79 Å². The third-order valence-corrected chi connectivity index (χ3v) is 4.97. The topological polar surface area (TPSA) is 84.5 Å². The molecule has 0 aliphatic heterocycles. The van der Waals surface area contributed by atoms with Crippen molar-refractivity contribution in [3.8, 4) is 0 Å². The summed E-state index contributed by atoms with van der Waals surface area (Å²) in [7, 11) is 0. The van der Waals surface area contributed by atoms with Crippen molar-refractivity contribution in [1.82, 2.24) is 10.6 Å². The molecular formula is C20H27ClN2O4. The predicted molar refractivity (Wildman–Crippen MR) is 104 cm³/mol. The zero-order chi connectivity index (χ0) is 19.8. The largest absolute Gasteiger partial charge is 0.454 e. The lowest BCUT2D eigenvalue weighted by Gasteiger charge is -2.23. The van der Waals surface area contributed by atoms with Crippen LogP contribution in [-0.4, -0.2) is 36.5 Å². The molecule has 2 rings (SSSR count). The molecule has 1 saturated carbocycles. The maximum Gasteiger partial charge on any atom is 0.329 e. The summed E-state index contributed by atoms with van der Waals surface area (Å²) in [5.74, 6) is -1.60. The van der Waals surface area contributed by atoms with Crippen molar-refractivity contribution < 1.29 is 19.1 Å². The van der Waals surface area contributed by atoms with Gasteiger partial charge in [0.25, 0.3) is 11.8 Å². The van der Waals surface area contributed by atoms with Crippen LogP contribution >= 0.6 is 11.6 Å². The van der Waals surface area contributed by atoms with Gasteiger partial charge in [-0.2, -0.15) is 0 Å². The minimum atomic E-state index is -0.865. The van der Waals surface area contributed by atoms with Crippen LogP contribution in [0.5, 0.6) is 0 Å².